The molecular formula is C10H14BrNO3. The second kappa shape index (κ2) is 7.23. The van der Waals surface area contributed by atoms with E-state index in [1.165, 1.54) is 10.6 Å². The van der Waals surface area contributed by atoms with E-state index in [1.54, 1.807) is 19.3 Å². The van der Waals surface area contributed by atoms with Gasteiger partial charge in [-0.2, -0.15) is 0 Å². The van der Waals surface area contributed by atoms with Crippen LogP contribution < -0.4 is 5.56 Å². The molecule has 0 saturated carbocycles. The van der Waals surface area contributed by atoms with E-state index in [0.717, 1.165) is 10.9 Å². The number of hydrogen-bond donors (Lipinski definition) is 1. The maximum Gasteiger partial charge on any atom is 0.303 e. The van der Waals surface area contributed by atoms with Crippen molar-refractivity contribution in [1.29, 1.82) is 0 Å². The highest BCUT2D eigenvalue weighted by Crippen LogP contribution is 2.02. The van der Waals surface area contributed by atoms with Crippen molar-refractivity contribution in [3.63, 3.8) is 0 Å². The Kier molecular flexibility index (Phi) is 6.70. The van der Waals surface area contributed by atoms with Gasteiger partial charge in [-0.05, 0) is 28.4 Å². The SMILES string of the molecule is CCCC(=O)O.Cn1cc(Br)ccc1=O. The van der Waals surface area contributed by atoms with Gasteiger partial charge in [0.15, 0.2) is 0 Å². The van der Waals surface area contributed by atoms with E-state index in [4.69, 9.17) is 5.11 Å². The van der Waals surface area contributed by atoms with Gasteiger partial charge in [0, 0.05) is 30.2 Å². The summed E-state index contributed by atoms with van der Waals surface area (Å²) in [7, 11) is 1.72. The number of carboxylic acids is 1. The number of nitrogens with zero attached hydrogens (tertiary/aromatic N) is 1. The maximum absolute atomic E-state index is 10.7. The van der Waals surface area contributed by atoms with Crippen LogP contribution in [0.25, 0.3) is 0 Å². The van der Waals surface area contributed by atoms with Crippen LogP contribution in [0, 0.1) is 0 Å². The monoisotopic (exact) mass is 275 g/mol. The molecule has 5 heteroatoms. The quantitative estimate of drug-likeness (QED) is 0.899. The van der Waals surface area contributed by atoms with Crippen LogP contribution in [0.15, 0.2) is 27.6 Å². The van der Waals surface area contributed by atoms with E-state index >= 15 is 0 Å². The fourth-order valence-electron chi connectivity index (χ4n) is 0.774. The smallest absolute Gasteiger partial charge is 0.303 e. The molecule has 1 aromatic heterocycles. The van der Waals surface area contributed by atoms with Crippen molar-refractivity contribution in [3.8, 4) is 0 Å². The number of aromatic nitrogens is 1. The molecule has 0 saturated heterocycles. The number of carboxylic acid groups (broad SMARTS) is 1. The summed E-state index contributed by atoms with van der Waals surface area (Å²) in [5.74, 6) is -0.711. The Balaban J connectivity index is 0.000000288. The van der Waals surface area contributed by atoms with Crippen molar-refractivity contribution >= 4 is 21.9 Å². The van der Waals surface area contributed by atoms with Gasteiger partial charge in [0.1, 0.15) is 0 Å². The van der Waals surface area contributed by atoms with Gasteiger partial charge in [0.05, 0.1) is 0 Å². The first-order chi connectivity index (χ1) is 6.97. The first kappa shape index (κ1) is 13.9. The van der Waals surface area contributed by atoms with Crippen molar-refractivity contribution in [2.75, 3.05) is 0 Å². The molecule has 0 unspecified atom stereocenters. The number of aryl methyl sites for hydroxylation is 1. The largest absolute Gasteiger partial charge is 0.481 e. The van der Waals surface area contributed by atoms with Crippen LogP contribution in [0.2, 0.25) is 0 Å². The van der Waals surface area contributed by atoms with Crippen LogP contribution in [0.1, 0.15) is 19.8 Å². The molecule has 1 rings (SSSR count). The lowest BCUT2D eigenvalue weighted by Gasteiger charge is -1.93. The Bertz CT molecular complexity index is 373. The lowest BCUT2D eigenvalue weighted by molar-refractivity contribution is -0.137. The van der Waals surface area contributed by atoms with E-state index in [9.17, 15) is 9.59 Å². The Morgan fingerprint density at radius 3 is 2.40 bits per heavy atom. The molecule has 1 aromatic rings. The van der Waals surface area contributed by atoms with Gasteiger partial charge in [-0.3, -0.25) is 9.59 Å². The summed E-state index contributed by atoms with van der Waals surface area (Å²) >= 11 is 3.24. The normalized spacial score (nSPS) is 9.00. The Labute approximate surface area is 96.7 Å². The minimum atomic E-state index is -0.711. The lowest BCUT2D eigenvalue weighted by Crippen LogP contribution is -2.13. The molecule has 0 aromatic carbocycles. The van der Waals surface area contributed by atoms with Gasteiger partial charge in [-0.15, -0.1) is 0 Å². The van der Waals surface area contributed by atoms with Crippen LogP contribution >= 0.6 is 15.9 Å². The number of pyridine rings is 1. The third-order valence-corrected chi connectivity index (χ3v) is 1.98. The van der Waals surface area contributed by atoms with Crippen LogP contribution in [0.4, 0.5) is 0 Å². The summed E-state index contributed by atoms with van der Waals surface area (Å²) in [6.45, 7) is 1.84. The standard InChI is InChI=1S/C6H6BrNO.C4H8O2/c1-8-4-5(7)2-3-6(8)9;1-2-3-4(5)6/h2-4H,1H3;2-3H2,1H3,(H,5,6). The molecule has 0 atom stereocenters. The molecule has 1 heterocycles. The van der Waals surface area contributed by atoms with Gasteiger partial charge in [-0.25, -0.2) is 0 Å². The summed E-state index contributed by atoms with van der Waals surface area (Å²) in [4.78, 5) is 20.3. The Hall–Kier alpha value is -1.10. The molecule has 0 spiro atoms. The van der Waals surface area contributed by atoms with E-state index in [0.29, 0.717) is 6.42 Å². The van der Waals surface area contributed by atoms with Gasteiger partial charge in [-0.1, -0.05) is 6.92 Å². The fourth-order valence-corrected chi connectivity index (χ4v) is 1.21. The molecule has 0 bridgehead atoms. The number of hydrogen-bond acceptors (Lipinski definition) is 2. The van der Waals surface area contributed by atoms with Crippen LogP contribution in [0.3, 0.4) is 0 Å². The predicted molar refractivity (Wildman–Crippen MR) is 61.9 cm³/mol. The average molecular weight is 276 g/mol. The molecule has 0 amide bonds. The number of aliphatic carboxylic acids is 1. The predicted octanol–water partition coefficient (Wildman–Crippen LogP) is 2.02. The van der Waals surface area contributed by atoms with Crippen LogP contribution in [-0.4, -0.2) is 15.6 Å². The van der Waals surface area contributed by atoms with E-state index in [2.05, 4.69) is 15.9 Å². The van der Waals surface area contributed by atoms with E-state index in [1.807, 2.05) is 6.92 Å². The van der Waals surface area contributed by atoms with Gasteiger partial charge in [0.2, 0.25) is 5.56 Å². The summed E-state index contributed by atoms with van der Waals surface area (Å²) in [6, 6.07) is 3.24. The minimum absolute atomic E-state index is 0.0122. The van der Waals surface area contributed by atoms with E-state index in [-0.39, 0.29) is 5.56 Å². The number of halogens is 1. The molecule has 84 valence electrons. The molecule has 0 aliphatic rings. The number of rotatable bonds is 2. The topological polar surface area (TPSA) is 59.3 Å². The Morgan fingerprint density at radius 1 is 1.53 bits per heavy atom. The highest BCUT2D eigenvalue weighted by atomic mass is 79.9. The highest BCUT2D eigenvalue weighted by Gasteiger charge is 1.88. The van der Waals surface area contributed by atoms with E-state index < -0.39 is 5.97 Å². The van der Waals surface area contributed by atoms with Crippen molar-refractivity contribution in [2.24, 2.45) is 7.05 Å². The molecule has 0 aliphatic heterocycles. The molecule has 15 heavy (non-hydrogen) atoms. The number of carbonyl (C=O) groups is 1. The molecule has 0 aliphatic carbocycles. The highest BCUT2D eigenvalue weighted by molar-refractivity contribution is 9.10. The van der Waals surface area contributed by atoms with Gasteiger partial charge in [0.25, 0.3) is 0 Å². The molecule has 0 fully saturated rings. The third-order valence-electron chi connectivity index (χ3n) is 1.51. The lowest BCUT2D eigenvalue weighted by atomic mass is 10.4. The van der Waals surface area contributed by atoms with Gasteiger partial charge < -0.3 is 9.67 Å². The maximum atomic E-state index is 10.7. The zero-order valence-electron chi connectivity index (χ0n) is 8.74. The first-order valence-corrected chi connectivity index (χ1v) is 5.30. The Morgan fingerprint density at radius 2 is 2.13 bits per heavy atom. The molecule has 1 N–H and O–H groups in total. The van der Waals surface area contributed by atoms with Crippen molar-refractivity contribution < 1.29 is 9.90 Å². The zero-order valence-corrected chi connectivity index (χ0v) is 10.3. The summed E-state index contributed by atoms with van der Waals surface area (Å²) < 4.78 is 2.44. The van der Waals surface area contributed by atoms with Crippen LogP contribution in [0.5, 0.6) is 0 Å². The summed E-state index contributed by atoms with van der Waals surface area (Å²) in [6.07, 6.45) is 2.75. The van der Waals surface area contributed by atoms with Crippen molar-refractivity contribution in [2.45, 2.75) is 19.8 Å². The average Bonchev–Trinajstić information content (AvgIpc) is 2.13. The second-order valence-corrected chi connectivity index (χ2v) is 3.86. The van der Waals surface area contributed by atoms with Crippen LogP contribution in [-0.2, 0) is 11.8 Å². The molecule has 4 nitrogen and oxygen atoms in total. The minimum Gasteiger partial charge on any atom is -0.481 e. The first-order valence-electron chi connectivity index (χ1n) is 4.51. The van der Waals surface area contributed by atoms with Crippen molar-refractivity contribution in [1.82, 2.24) is 4.57 Å². The molecular weight excluding hydrogens is 262 g/mol. The summed E-state index contributed by atoms with van der Waals surface area (Å²) in [5, 5.41) is 7.91. The summed E-state index contributed by atoms with van der Waals surface area (Å²) in [5.41, 5.74) is 0.0122. The third kappa shape index (κ3) is 6.90. The zero-order chi connectivity index (χ0) is 11.8. The fraction of sp³-hybridized carbons (Fsp3) is 0.400. The van der Waals surface area contributed by atoms with Crippen molar-refractivity contribution in [3.05, 3.63) is 33.2 Å². The van der Waals surface area contributed by atoms with Gasteiger partial charge >= 0.3 is 5.97 Å². The molecule has 0 radical (unpaired) electrons. The second-order valence-electron chi connectivity index (χ2n) is 2.94.